The molecule has 1 aliphatic heterocycles. The highest BCUT2D eigenvalue weighted by Crippen LogP contribution is 2.26. The average Bonchev–Trinajstić information content (AvgIpc) is 2.96. The SMILES string of the molecule is CNCC1CCN(C(=O)CN(C)c2ccccc2[N+](=O)[O-])C1.Cl. The van der Waals surface area contributed by atoms with E-state index in [4.69, 9.17) is 0 Å². The number of hydrogen-bond donors (Lipinski definition) is 1. The van der Waals surface area contributed by atoms with Crippen LogP contribution in [-0.4, -0.2) is 56.0 Å². The van der Waals surface area contributed by atoms with Crippen molar-refractivity contribution in [3.05, 3.63) is 34.4 Å². The second-order valence-electron chi connectivity index (χ2n) is 5.65. The van der Waals surface area contributed by atoms with Gasteiger partial charge in [0.2, 0.25) is 5.91 Å². The molecule has 23 heavy (non-hydrogen) atoms. The maximum atomic E-state index is 12.4. The number of benzene rings is 1. The number of amides is 1. The highest BCUT2D eigenvalue weighted by molar-refractivity contribution is 5.85. The van der Waals surface area contributed by atoms with Crippen LogP contribution in [0.5, 0.6) is 0 Å². The van der Waals surface area contributed by atoms with Crippen LogP contribution in [0.15, 0.2) is 24.3 Å². The Kier molecular flexibility index (Phi) is 7.25. The average molecular weight is 343 g/mol. The molecule has 0 aliphatic carbocycles. The fourth-order valence-corrected chi connectivity index (χ4v) is 2.84. The maximum Gasteiger partial charge on any atom is 0.292 e. The molecule has 1 saturated heterocycles. The molecule has 8 heteroatoms. The number of para-hydroxylation sites is 2. The van der Waals surface area contributed by atoms with E-state index in [9.17, 15) is 14.9 Å². The van der Waals surface area contributed by atoms with Crippen molar-refractivity contribution in [3.63, 3.8) is 0 Å². The van der Waals surface area contributed by atoms with E-state index < -0.39 is 4.92 Å². The number of carbonyl (C=O) groups is 1. The van der Waals surface area contributed by atoms with Crippen molar-refractivity contribution < 1.29 is 9.72 Å². The molecular formula is C15H23ClN4O3. The van der Waals surface area contributed by atoms with Gasteiger partial charge in [-0.15, -0.1) is 12.4 Å². The zero-order valence-electron chi connectivity index (χ0n) is 13.4. The third-order valence-electron chi connectivity index (χ3n) is 3.99. The summed E-state index contributed by atoms with van der Waals surface area (Å²) in [5, 5.41) is 14.2. The van der Waals surface area contributed by atoms with Gasteiger partial charge >= 0.3 is 0 Å². The lowest BCUT2D eigenvalue weighted by Gasteiger charge is -2.23. The lowest BCUT2D eigenvalue weighted by atomic mass is 10.1. The van der Waals surface area contributed by atoms with E-state index in [1.165, 1.54) is 6.07 Å². The first-order valence-corrected chi connectivity index (χ1v) is 7.40. The van der Waals surface area contributed by atoms with E-state index >= 15 is 0 Å². The lowest BCUT2D eigenvalue weighted by Crippen LogP contribution is -2.38. The van der Waals surface area contributed by atoms with Crippen LogP contribution in [0.4, 0.5) is 11.4 Å². The number of likely N-dealkylation sites (N-methyl/N-ethyl adjacent to an activating group) is 1. The molecule has 0 spiro atoms. The molecule has 7 nitrogen and oxygen atoms in total. The van der Waals surface area contributed by atoms with Crippen molar-refractivity contribution >= 4 is 29.7 Å². The van der Waals surface area contributed by atoms with Gasteiger partial charge in [0.1, 0.15) is 5.69 Å². The number of nitrogens with zero attached hydrogens (tertiary/aromatic N) is 3. The molecule has 1 aliphatic rings. The second-order valence-corrected chi connectivity index (χ2v) is 5.65. The summed E-state index contributed by atoms with van der Waals surface area (Å²) in [6.45, 7) is 2.57. The first-order valence-electron chi connectivity index (χ1n) is 7.40. The van der Waals surface area contributed by atoms with Crippen LogP contribution in [0.25, 0.3) is 0 Å². The van der Waals surface area contributed by atoms with Crippen molar-refractivity contribution in [1.29, 1.82) is 0 Å². The molecule has 1 aromatic rings. The van der Waals surface area contributed by atoms with Gasteiger partial charge in [0, 0.05) is 26.2 Å². The predicted molar refractivity (Wildman–Crippen MR) is 92.2 cm³/mol. The normalized spacial score (nSPS) is 16.8. The summed E-state index contributed by atoms with van der Waals surface area (Å²) in [5.74, 6) is 0.504. The van der Waals surface area contributed by atoms with Crippen molar-refractivity contribution in [1.82, 2.24) is 10.2 Å². The summed E-state index contributed by atoms with van der Waals surface area (Å²) < 4.78 is 0. The van der Waals surface area contributed by atoms with Gasteiger partial charge in [-0.2, -0.15) is 0 Å². The van der Waals surface area contributed by atoms with Crippen molar-refractivity contribution in [2.45, 2.75) is 6.42 Å². The Labute approximate surface area is 142 Å². The summed E-state index contributed by atoms with van der Waals surface area (Å²) >= 11 is 0. The summed E-state index contributed by atoms with van der Waals surface area (Å²) in [6.07, 6.45) is 1.00. The molecular weight excluding hydrogens is 320 g/mol. The molecule has 1 aromatic carbocycles. The summed E-state index contributed by atoms with van der Waals surface area (Å²) in [7, 11) is 3.62. The molecule has 2 rings (SSSR count). The zero-order chi connectivity index (χ0) is 16.1. The Bertz CT molecular complexity index is 555. The van der Waals surface area contributed by atoms with E-state index in [2.05, 4.69) is 5.32 Å². The van der Waals surface area contributed by atoms with Crippen LogP contribution in [0.3, 0.4) is 0 Å². The van der Waals surface area contributed by atoms with Gasteiger partial charge in [0.25, 0.3) is 5.69 Å². The number of rotatable bonds is 6. The molecule has 128 valence electrons. The highest BCUT2D eigenvalue weighted by atomic mass is 35.5. The number of nitro groups is 1. The Morgan fingerprint density at radius 2 is 2.17 bits per heavy atom. The third kappa shape index (κ3) is 4.80. The van der Waals surface area contributed by atoms with E-state index in [0.717, 1.165) is 26.1 Å². The number of likely N-dealkylation sites (tertiary alicyclic amines) is 1. The number of halogens is 1. The minimum Gasteiger partial charge on any atom is -0.360 e. The Morgan fingerprint density at radius 3 is 2.83 bits per heavy atom. The van der Waals surface area contributed by atoms with Crippen LogP contribution in [0.1, 0.15) is 6.42 Å². The minimum atomic E-state index is -0.422. The molecule has 0 saturated carbocycles. The smallest absolute Gasteiger partial charge is 0.292 e. The molecule has 1 amide bonds. The van der Waals surface area contributed by atoms with E-state index in [1.807, 2.05) is 11.9 Å². The first-order chi connectivity index (χ1) is 10.5. The molecule has 1 atom stereocenters. The van der Waals surface area contributed by atoms with Gasteiger partial charge in [-0.1, -0.05) is 12.1 Å². The number of hydrogen-bond acceptors (Lipinski definition) is 5. The molecule has 1 unspecified atom stereocenters. The third-order valence-corrected chi connectivity index (χ3v) is 3.99. The van der Waals surface area contributed by atoms with Crippen molar-refractivity contribution in [3.8, 4) is 0 Å². The van der Waals surface area contributed by atoms with Crippen LogP contribution in [0, 0.1) is 16.0 Å². The van der Waals surface area contributed by atoms with Gasteiger partial charge in [-0.25, -0.2) is 0 Å². The summed E-state index contributed by atoms with van der Waals surface area (Å²) in [6, 6.07) is 6.48. The van der Waals surface area contributed by atoms with E-state index in [-0.39, 0.29) is 30.5 Å². The summed E-state index contributed by atoms with van der Waals surface area (Å²) in [5.41, 5.74) is 0.485. The van der Waals surface area contributed by atoms with Crippen LogP contribution < -0.4 is 10.2 Å². The van der Waals surface area contributed by atoms with Crippen molar-refractivity contribution in [2.24, 2.45) is 5.92 Å². The lowest BCUT2D eigenvalue weighted by molar-refractivity contribution is -0.384. The topological polar surface area (TPSA) is 78.7 Å². The maximum absolute atomic E-state index is 12.4. The Hall–Kier alpha value is -1.86. The summed E-state index contributed by atoms with van der Waals surface area (Å²) in [4.78, 5) is 26.5. The largest absolute Gasteiger partial charge is 0.360 e. The highest BCUT2D eigenvalue weighted by Gasteiger charge is 2.27. The minimum absolute atomic E-state index is 0. The molecule has 1 N–H and O–H groups in total. The number of carbonyl (C=O) groups excluding carboxylic acids is 1. The van der Waals surface area contributed by atoms with Gasteiger partial charge in [0.05, 0.1) is 11.5 Å². The van der Waals surface area contributed by atoms with E-state index in [0.29, 0.717) is 11.6 Å². The quantitative estimate of drug-likeness (QED) is 0.626. The Balaban J connectivity index is 0.00000264. The Morgan fingerprint density at radius 1 is 1.48 bits per heavy atom. The standard InChI is InChI=1S/C15H22N4O3.ClH/c1-16-9-12-7-8-18(10-12)15(20)11-17(2)13-5-3-4-6-14(13)19(21)22;/h3-6,12,16H,7-11H2,1-2H3;1H. The second kappa shape index (κ2) is 8.69. The molecule has 0 aromatic heterocycles. The fourth-order valence-electron chi connectivity index (χ4n) is 2.84. The van der Waals surface area contributed by atoms with Gasteiger partial charge in [-0.05, 0) is 32.0 Å². The molecule has 1 fully saturated rings. The molecule has 0 radical (unpaired) electrons. The predicted octanol–water partition coefficient (Wildman–Crippen LogP) is 1.52. The fraction of sp³-hybridized carbons (Fsp3) is 0.533. The van der Waals surface area contributed by atoms with Crippen LogP contribution >= 0.6 is 12.4 Å². The van der Waals surface area contributed by atoms with Gasteiger partial charge < -0.3 is 15.1 Å². The van der Waals surface area contributed by atoms with Crippen LogP contribution in [-0.2, 0) is 4.79 Å². The van der Waals surface area contributed by atoms with Gasteiger partial charge in [0.15, 0.2) is 0 Å². The molecule has 1 heterocycles. The van der Waals surface area contributed by atoms with E-state index in [1.54, 1.807) is 30.1 Å². The number of anilines is 1. The monoisotopic (exact) mass is 342 g/mol. The zero-order valence-corrected chi connectivity index (χ0v) is 14.2. The van der Waals surface area contributed by atoms with Crippen LogP contribution in [0.2, 0.25) is 0 Å². The first kappa shape index (κ1) is 19.2. The number of nitrogens with one attached hydrogen (secondary N) is 1. The molecule has 0 bridgehead atoms. The van der Waals surface area contributed by atoms with Gasteiger partial charge in [-0.3, -0.25) is 14.9 Å². The number of nitro benzene ring substituents is 1. The van der Waals surface area contributed by atoms with Crippen molar-refractivity contribution in [2.75, 3.05) is 45.2 Å².